The second kappa shape index (κ2) is 4.09. The molecule has 0 heterocycles. The predicted molar refractivity (Wildman–Crippen MR) is 69.8 cm³/mol. The molecule has 0 saturated heterocycles. The molecule has 0 aromatic heterocycles. The number of fused-ring (bicyclic) bond motifs is 1. The number of aryl methyl sites for hydroxylation is 2. The molecule has 2 N–H and O–H groups in total. The maximum atomic E-state index is 14.6. The van der Waals surface area contributed by atoms with Crippen LogP contribution in [0.2, 0.25) is 0 Å². The molecule has 0 amide bonds. The van der Waals surface area contributed by atoms with Crippen molar-refractivity contribution in [2.24, 2.45) is 5.73 Å². The molecular weight excluding hydrogens is 213 g/mol. The van der Waals surface area contributed by atoms with E-state index >= 15 is 0 Å². The normalized spacial score (nSPS) is 20.2. The average molecular weight is 235 g/mol. The van der Waals surface area contributed by atoms with Crippen molar-refractivity contribution in [3.05, 3.63) is 34.1 Å². The summed E-state index contributed by atoms with van der Waals surface area (Å²) in [4.78, 5) is 0. The van der Waals surface area contributed by atoms with Crippen LogP contribution in [-0.4, -0.2) is 6.04 Å². The van der Waals surface area contributed by atoms with Crippen molar-refractivity contribution in [2.45, 2.75) is 58.4 Å². The summed E-state index contributed by atoms with van der Waals surface area (Å²) < 4.78 is 14.6. The molecular formula is C15H22FN. The van der Waals surface area contributed by atoms with Gasteiger partial charge in [0.25, 0.3) is 0 Å². The Bertz CT molecular complexity index is 443. The van der Waals surface area contributed by atoms with Gasteiger partial charge >= 0.3 is 0 Å². The zero-order valence-electron chi connectivity index (χ0n) is 11.2. The van der Waals surface area contributed by atoms with E-state index < -0.39 is 0 Å². The third kappa shape index (κ3) is 2.23. The fourth-order valence-corrected chi connectivity index (χ4v) is 2.96. The Kier molecular flexibility index (Phi) is 3.03. The highest BCUT2D eigenvalue weighted by Crippen LogP contribution is 2.34. The van der Waals surface area contributed by atoms with Crippen LogP contribution < -0.4 is 5.73 Å². The van der Waals surface area contributed by atoms with E-state index in [1.165, 1.54) is 0 Å². The van der Waals surface area contributed by atoms with Gasteiger partial charge in [-0.1, -0.05) is 26.8 Å². The quantitative estimate of drug-likeness (QED) is 0.734. The van der Waals surface area contributed by atoms with Crippen LogP contribution in [0.4, 0.5) is 4.39 Å². The third-order valence-corrected chi connectivity index (χ3v) is 3.66. The van der Waals surface area contributed by atoms with Gasteiger partial charge in [0, 0.05) is 6.04 Å². The molecule has 1 aliphatic carbocycles. The molecule has 0 radical (unpaired) electrons. The molecule has 0 bridgehead atoms. The maximum Gasteiger partial charge on any atom is 0.130 e. The lowest BCUT2D eigenvalue weighted by Gasteiger charge is -2.29. The van der Waals surface area contributed by atoms with Gasteiger partial charge in [0.05, 0.1) is 0 Å². The molecule has 2 rings (SSSR count). The largest absolute Gasteiger partial charge is 0.327 e. The average Bonchev–Trinajstić information content (AvgIpc) is 2.17. The Hall–Kier alpha value is -0.890. The molecule has 0 spiro atoms. The molecule has 0 aliphatic heterocycles. The van der Waals surface area contributed by atoms with Gasteiger partial charge in [-0.25, -0.2) is 4.39 Å². The first-order valence-electron chi connectivity index (χ1n) is 6.37. The van der Waals surface area contributed by atoms with E-state index in [4.69, 9.17) is 5.73 Å². The highest BCUT2D eigenvalue weighted by atomic mass is 19.1. The molecule has 1 aromatic carbocycles. The molecule has 94 valence electrons. The zero-order chi connectivity index (χ0) is 12.8. The third-order valence-electron chi connectivity index (χ3n) is 3.66. The highest BCUT2D eigenvalue weighted by molar-refractivity contribution is 5.44. The highest BCUT2D eigenvalue weighted by Gasteiger charge is 2.27. The predicted octanol–water partition coefficient (Wildman–Crippen LogP) is 3.25. The second-order valence-corrected chi connectivity index (χ2v) is 6.27. The Morgan fingerprint density at radius 3 is 2.59 bits per heavy atom. The van der Waals surface area contributed by atoms with Gasteiger partial charge in [-0.2, -0.15) is 0 Å². The summed E-state index contributed by atoms with van der Waals surface area (Å²) in [5, 5.41) is 0. The van der Waals surface area contributed by atoms with Crippen molar-refractivity contribution < 1.29 is 4.39 Å². The lowest BCUT2D eigenvalue weighted by atomic mass is 9.78. The molecule has 1 nitrogen and oxygen atoms in total. The van der Waals surface area contributed by atoms with Gasteiger partial charge < -0.3 is 5.73 Å². The van der Waals surface area contributed by atoms with Crippen molar-refractivity contribution in [1.29, 1.82) is 0 Å². The summed E-state index contributed by atoms with van der Waals surface area (Å²) in [5.74, 6) is -0.0114. The van der Waals surface area contributed by atoms with Crippen LogP contribution in [0.5, 0.6) is 0 Å². The van der Waals surface area contributed by atoms with Gasteiger partial charge in [-0.15, -0.1) is 0 Å². The van der Waals surface area contributed by atoms with E-state index in [0.717, 1.165) is 35.1 Å². The van der Waals surface area contributed by atoms with E-state index in [0.29, 0.717) is 6.42 Å². The van der Waals surface area contributed by atoms with E-state index in [-0.39, 0.29) is 17.3 Å². The Balaban J connectivity index is 2.61. The number of benzene rings is 1. The SMILES string of the molecule is Cc1cc2c(c(F)c1C(C)(C)C)CC(N)CC2. The van der Waals surface area contributed by atoms with Gasteiger partial charge in [0.1, 0.15) is 5.82 Å². The van der Waals surface area contributed by atoms with E-state index in [9.17, 15) is 4.39 Å². The van der Waals surface area contributed by atoms with Crippen LogP contribution in [0.3, 0.4) is 0 Å². The van der Waals surface area contributed by atoms with Gasteiger partial charge in [0.2, 0.25) is 0 Å². The fraction of sp³-hybridized carbons (Fsp3) is 0.600. The van der Waals surface area contributed by atoms with Crippen LogP contribution in [0.15, 0.2) is 6.07 Å². The zero-order valence-corrected chi connectivity index (χ0v) is 11.2. The molecule has 1 aliphatic rings. The van der Waals surface area contributed by atoms with Crippen molar-refractivity contribution in [3.8, 4) is 0 Å². The lowest BCUT2D eigenvalue weighted by Crippen LogP contribution is -2.30. The van der Waals surface area contributed by atoms with Gasteiger partial charge in [-0.3, -0.25) is 0 Å². The summed E-state index contributed by atoms with van der Waals surface area (Å²) >= 11 is 0. The topological polar surface area (TPSA) is 26.0 Å². The Morgan fingerprint density at radius 1 is 1.35 bits per heavy atom. The van der Waals surface area contributed by atoms with Crippen molar-refractivity contribution in [3.63, 3.8) is 0 Å². The number of rotatable bonds is 0. The van der Waals surface area contributed by atoms with Crippen LogP contribution in [0.25, 0.3) is 0 Å². The van der Waals surface area contributed by atoms with Crippen molar-refractivity contribution in [1.82, 2.24) is 0 Å². The molecule has 1 unspecified atom stereocenters. The molecule has 1 aromatic rings. The first kappa shape index (κ1) is 12.6. The molecule has 1 atom stereocenters. The molecule has 17 heavy (non-hydrogen) atoms. The first-order chi connectivity index (χ1) is 7.80. The van der Waals surface area contributed by atoms with Crippen molar-refractivity contribution in [2.75, 3.05) is 0 Å². The van der Waals surface area contributed by atoms with E-state index in [2.05, 4.69) is 26.8 Å². The summed E-state index contributed by atoms with van der Waals surface area (Å²) in [7, 11) is 0. The number of hydrogen-bond acceptors (Lipinski definition) is 1. The minimum Gasteiger partial charge on any atom is -0.327 e. The summed E-state index contributed by atoms with van der Waals surface area (Å²) in [6.07, 6.45) is 2.57. The number of halogens is 1. The smallest absolute Gasteiger partial charge is 0.130 e. The minimum absolute atomic E-state index is 0.0114. The van der Waals surface area contributed by atoms with Crippen LogP contribution in [0, 0.1) is 12.7 Å². The lowest BCUT2D eigenvalue weighted by molar-refractivity contribution is 0.488. The maximum absolute atomic E-state index is 14.6. The fourth-order valence-electron chi connectivity index (χ4n) is 2.96. The summed E-state index contributed by atoms with van der Waals surface area (Å²) in [6, 6.07) is 2.28. The number of nitrogens with two attached hydrogens (primary N) is 1. The van der Waals surface area contributed by atoms with Gasteiger partial charge in [-0.05, 0) is 53.9 Å². The summed E-state index contributed by atoms with van der Waals surface area (Å²) in [6.45, 7) is 8.20. The standard InChI is InChI=1S/C15H22FN/c1-9-7-10-5-6-11(17)8-12(10)14(16)13(9)15(2,3)4/h7,11H,5-6,8,17H2,1-4H3. The summed E-state index contributed by atoms with van der Waals surface area (Å²) in [5.41, 5.74) is 9.75. The Morgan fingerprint density at radius 2 is 2.00 bits per heavy atom. The molecule has 0 fully saturated rings. The Labute approximate surface area is 103 Å². The monoisotopic (exact) mass is 235 g/mol. The first-order valence-corrected chi connectivity index (χ1v) is 6.37. The van der Waals surface area contributed by atoms with Crippen LogP contribution in [-0.2, 0) is 18.3 Å². The van der Waals surface area contributed by atoms with E-state index in [1.54, 1.807) is 0 Å². The van der Waals surface area contributed by atoms with Crippen molar-refractivity contribution >= 4 is 0 Å². The molecule has 2 heteroatoms. The second-order valence-electron chi connectivity index (χ2n) is 6.27. The van der Waals surface area contributed by atoms with E-state index in [1.807, 2.05) is 6.92 Å². The van der Waals surface area contributed by atoms with Gasteiger partial charge in [0.15, 0.2) is 0 Å². The minimum atomic E-state index is -0.148. The molecule has 0 saturated carbocycles. The van der Waals surface area contributed by atoms with Crippen LogP contribution in [0.1, 0.15) is 49.4 Å². The van der Waals surface area contributed by atoms with Crippen LogP contribution >= 0.6 is 0 Å². The number of hydrogen-bond donors (Lipinski definition) is 1.